The lowest BCUT2D eigenvalue weighted by Crippen LogP contribution is -2.19. The predicted octanol–water partition coefficient (Wildman–Crippen LogP) is 2.98. The zero-order chi connectivity index (χ0) is 13.1. The Labute approximate surface area is 120 Å². The lowest BCUT2D eigenvalue weighted by atomic mass is 10.3. The topological polar surface area (TPSA) is 53.9 Å². The Morgan fingerprint density at radius 2 is 2.05 bits per heavy atom. The molecule has 0 amide bonds. The number of aromatic nitrogens is 3. The third-order valence-corrected chi connectivity index (χ3v) is 3.55. The van der Waals surface area contributed by atoms with Crippen LogP contribution in [0.2, 0.25) is 0 Å². The maximum absolute atomic E-state index is 4.51. The number of halogens is 1. The van der Waals surface area contributed by atoms with Gasteiger partial charge in [0, 0.05) is 23.2 Å². The zero-order valence-electron chi connectivity index (χ0n) is 10.4. The summed E-state index contributed by atoms with van der Waals surface area (Å²) in [6.07, 6.45) is 4.16. The Morgan fingerprint density at radius 1 is 1.21 bits per heavy atom. The van der Waals surface area contributed by atoms with E-state index in [1.807, 2.05) is 24.3 Å². The van der Waals surface area contributed by atoms with Crippen LogP contribution in [-0.4, -0.2) is 28.3 Å². The van der Waals surface area contributed by atoms with Crippen LogP contribution in [-0.2, 0) is 0 Å². The van der Waals surface area contributed by atoms with Crippen molar-refractivity contribution in [2.75, 3.05) is 23.3 Å². The number of benzene rings is 1. The molecule has 3 rings (SSSR count). The first-order valence-electron chi connectivity index (χ1n) is 6.28. The zero-order valence-corrected chi connectivity index (χ0v) is 12.0. The van der Waals surface area contributed by atoms with Crippen LogP contribution in [0.3, 0.4) is 0 Å². The highest BCUT2D eigenvalue weighted by Crippen LogP contribution is 2.20. The Hall–Kier alpha value is -1.69. The van der Waals surface area contributed by atoms with Crippen LogP contribution in [0.4, 0.5) is 17.5 Å². The highest BCUT2D eigenvalue weighted by Gasteiger charge is 2.14. The number of nitrogens with zero attached hydrogens (tertiary/aromatic N) is 4. The van der Waals surface area contributed by atoms with Gasteiger partial charge in [-0.25, -0.2) is 0 Å². The van der Waals surface area contributed by atoms with Gasteiger partial charge in [-0.2, -0.15) is 10.1 Å². The number of rotatable bonds is 3. The molecule has 5 nitrogen and oxygen atoms in total. The second-order valence-electron chi connectivity index (χ2n) is 4.47. The van der Waals surface area contributed by atoms with Crippen LogP contribution < -0.4 is 10.2 Å². The van der Waals surface area contributed by atoms with Gasteiger partial charge in [-0.15, -0.1) is 5.10 Å². The monoisotopic (exact) mass is 319 g/mol. The molecule has 19 heavy (non-hydrogen) atoms. The lowest BCUT2D eigenvalue weighted by molar-refractivity contribution is 0.890. The average Bonchev–Trinajstić information content (AvgIpc) is 2.93. The second kappa shape index (κ2) is 5.52. The van der Waals surface area contributed by atoms with E-state index >= 15 is 0 Å². The molecule has 1 aliphatic heterocycles. The summed E-state index contributed by atoms with van der Waals surface area (Å²) in [7, 11) is 0. The number of anilines is 3. The van der Waals surface area contributed by atoms with E-state index in [4.69, 9.17) is 0 Å². The molecule has 2 aromatic rings. The molecular weight excluding hydrogens is 306 g/mol. The largest absolute Gasteiger partial charge is 0.355 e. The number of hydrogen-bond acceptors (Lipinski definition) is 5. The summed E-state index contributed by atoms with van der Waals surface area (Å²) < 4.78 is 1.01. The standard InChI is InChI=1S/C13H14BrN5/c14-10-4-3-5-11(8-10)16-13-17-12(9-15-18-13)19-6-1-2-7-19/h3-5,8-9H,1-2,6-7H2,(H,16,17,18). The predicted molar refractivity (Wildman–Crippen MR) is 78.7 cm³/mol. The van der Waals surface area contributed by atoms with Crippen LogP contribution in [0.5, 0.6) is 0 Å². The van der Waals surface area contributed by atoms with Crippen molar-refractivity contribution in [1.29, 1.82) is 0 Å². The molecule has 0 aliphatic carbocycles. The van der Waals surface area contributed by atoms with E-state index in [2.05, 4.69) is 41.3 Å². The fraction of sp³-hybridized carbons (Fsp3) is 0.308. The molecule has 1 N–H and O–H groups in total. The molecule has 6 heteroatoms. The van der Waals surface area contributed by atoms with E-state index < -0.39 is 0 Å². The Morgan fingerprint density at radius 3 is 2.84 bits per heavy atom. The molecule has 2 heterocycles. The molecule has 98 valence electrons. The maximum Gasteiger partial charge on any atom is 0.249 e. The molecule has 0 spiro atoms. The van der Waals surface area contributed by atoms with Gasteiger partial charge in [0.25, 0.3) is 0 Å². The molecule has 1 aromatic carbocycles. The van der Waals surface area contributed by atoms with Crippen molar-refractivity contribution in [3.8, 4) is 0 Å². The summed E-state index contributed by atoms with van der Waals surface area (Å²) in [6.45, 7) is 2.10. The molecule has 0 unspecified atom stereocenters. The normalized spacial score (nSPS) is 14.7. The Bertz CT molecular complexity index is 568. The molecule has 0 saturated carbocycles. The molecule has 0 atom stereocenters. The van der Waals surface area contributed by atoms with Gasteiger partial charge in [0.2, 0.25) is 5.95 Å². The van der Waals surface area contributed by atoms with Crippen molar-refractivity contribution in [1.82, 2.24) is 15.2 Å². The van der Waals surface area contributed by atoms with Crippen molar-refractivity contribution < 1.29 is 0 Å². The van der Waals surface area contributed by atoms with Crippen LogP contribution in [0, 0.1) is 0 Å². The van der Waals surface area contributed by atoms with Gasteiger partial charge in [-0.05, 0) is 31.0 Å². The third kappa shape index (κ3) is 3.01. The molecular formula is C13H14BrN5. The summed E-state index contributed by atoms with van der Waals surface area (Å²) in [6, 6.07) is 7.89. The third-order valence-electron chi connectivity index (χ3n) is 3.06. The minimum Gasteiger partial charge on any atom is -0.355 e. The van der Waals surface area contributed by atoms with Crippen molar-refractivity contribution in [3.63, 3.8) is 0 Å². The SMILES string of the molecule is Brc1cccc(Nc2nncc(N3CCCC3)n2)c1. The fourth-order valence-corrected chi connectivity index (χ4v) is 2.54. The highest BCUT2D eigenvalue weighted by atomic mass is 79.9. The van der Waals surface area contributed by atoms with Crippen LogP contribution in [0.25, 0.3) is 0 Å². The quantitative estimate of drug-likeness (QED) is 0.942. The van der Waals surface area contributed by atoms with E-state index in [9.17, 15) is 0 Å². The van der Waals surface area contributed by atoms with Gasteiger partial charge in [-0.3, -0.25) is 0 Å². The van der Waals surface area contributed by atoms with Crippen molar-refractivity contribution in [2.45, 2.75) is 12.8 Å². The van der Waals surface area contributed by atoms with Crippen LogP contribution in [0.1, 0.15) is 12.8 Å². The maximum atomic E-state index is 4.51. The minimum absolute atomic E-state index is 0.530. The van der Waals surface area contributed by atoms with Gasteiger partial charge in [0.15, 0.2) is 5.82 Å². The minimum atomic E-state index is 0.530. The van der Waals surface area contributed by atoms with Crippen molar-refractivity contribution >= 4 is 33.4 Å². The van der Waals surface area contributed by atoms with E-state index in [-0.39, 0.29) is 0 Å². The van der Waals surface area contributed by atoms with E-state index in [1.165, 1.54) is 12.8 Å². The Balaban J connectivity index is 1.79. The van der Waals surface area contributed by atoms with Crippen molar-refractivity contribution in [3.05, 3.63) is 34.9 Å². The summed E-state index contributed by atoms with van der Waals surface area (Å²) in [4.78, 5) is 6.74. The van der Waals surface area contributed by atoms with Gasteiger partial charge in [-0.1, -0.05) is 22.0 Å². The molecule has 1 aromatic heterocycles. The number of nitrogens with one attached hydrogen (secondary N) is 1. The lowest BCUT2D eigenvalue weighted by Gasteiger charge is -2.15. The van der Waals surface area contributed by atoms with E-state index in [1.54, 1.807) is 6.20 Å². The fourth-order valence-electron chi connectivity index (χ4n) is 2.14. The first-order valence-corrected chi connectivity index (χ1v) is 7.08. The second-order valence-corrected chi connectivity index (χ2v) is 5.38. The van der Waals surface area contributed by atoms with Gasteiger partial charge in [0.1, 0.15) is 0 Å². The summed E-state index contributed by atoms with van der Waals surface area (Å²) >= 11 is 3.44. The Kier molecular flexibility index (Phi) is 3.59. The summed E-state index contributed by atoms with van der Waals surface area (Å²) in [5.41, 5.74) is 0.940. The number of hydrogen-bond donors (Lipinski definition) is 1. The summed E-state index contributed by atoms with van der Waals surface area (Å²) in [5, 5.41) is 11.2. The first kappa shape index (κ1) is 12.3. The molecule has 1 fully saturated rings. The first-order chi connectivity index (χ1) is 9.31. The average molecular weight is 320 g/mol. The molecule has 1 saturated heterocycles. The van der Waals surface area contributed by atoms with Crippen molar-refractivity contribution in [2.24, 2.45) is 0 Å². The summed E-state index contributed by atoms with van der Waals surface area (Å²) in [5.74, 6) is 1.42. The highest BCUT2D eigenvalue weighted by molar-refractivity contribution is 9.10. The van der Waals surface area contributed by atoms with Crippen LogP contribution in [0.15, 0.2) is 34.9 Å². The van der Waals surface area contributed by atoms with E-state index in [0.29, 0.717) is 5.95 Å². The van der Waals surface area contributed by atoms with E-state index in [0.717, 1.165) is 29.1 Å². The van der Waals surface area contributed by atoms with Gasteiger partial charge >= 0.3 is 0 Å². The van der Waals surface area contributed by atoms with Crippen LogP contribution >= 0.6 is 15.9 Å². The molecule has 1 aliphatic rings. The van der Waals surface area contributed by atoms with Gasteiger partial charge < -0.3 is 10.2 Å². The molecule has 0 radical (unpaired) electrons. The van der Waals surface area contributed by atoms with Gasteiger partial charge in [0.05, 0.1) is 6.20 Å². The molecule has 0 bridgehead atoms. The smallest absolute Gasteiger partial charge is 0.249 e.